The molecule has 2 rings (SSSR count). The van der Waals surface area contributed by atoms with Crippen molar-refractivity contribution < 1.29 is 9.90 Å². The molecular weight excluding hydrogens is 276 g/mol. The van der Waals surface area contributed by atoms with Crippen LogP contribution in [-0.2, 0) is 11.2 Å². The van der Waals surface area contributed by atoms with Crippen LogP contribution in [0, 0.1) is 0 Å². The van der Waals surface area contributed by atoms with Crippen molar-refractivity contribution in [2.24, 2.45) is 5.10 Å². The Bertz CT molecular complexity index is 641. The van der Waals surface area contributed by atoms with Gasteiger partial charge in [0.05, 0.1) is 12.6 Å². The van der Waals surface area contributed by atoms with E-state index in [1.165, 1.54) is 6.21 Å². The lowest BCUT2D eigenvalue weighted by molar-refractivity contribution is -0.120. The molecule has 0 spiro atoms. The molecule has 0 aliphatic heterocycles. The summed E-state index contributed by atoms with van der Waals surface area (Å²) in [5.74, 6) is -0.140. The lowest BCUT2D eigenvalue weighted by Crippen LogP contribution is -2.19. The zero-order valence-corrected chi connectivity index (χ0v) is 11.3. The summed E-state index contributed by atoms with van der Waals surface area (Å²) < 4.78 is 0. The Hall–Kier alpha value is -2.33. The average Bonchev–Trinajstić information content (AvgIpc) is 2.41. The van der Waals surface area contributed by atoms with Crippen molar-refractivity contribution in [2.45, 2.75) is 6.42 Å². The van der Waals surface area contributed by atoms with Gasteiger partial charge in [0, 0.05) is 10.6 Å². The number of amides is 1. The van der Waals surface area contributed by atoms with E-state index >= 15 is 0 Å². The maximum atomic E-state index is 11.7. The second-order valence-electron chi connectivity index (χ2n) is 4.16. The molecule has 0 saturated carbocycles. The minimum Gasteiger partial charge on any atom is -0.507 e. The summed E-state index contributed by atoms with van der Waals surface area (Å²) in [5.41, 5.74) is 3.75. The van der Waals surface area contributed by atoms with Gasteiger partial charge in [-0.15, -0.1) is 0 Å². The number of nitrogens with one attached hydrogen (secondary N) is 1. The Kier molecular flexibility index (Phi) is 4.74. The Morgan fingerprint density at radius 3 is 2.80 bits per heavy atom. The number of aromatic hydroxyl groups is 1. The van der Waals surface area contributed by atoms with Gasteiger partial charge in [0.2, 0.25) is 5.91 Å². The monoisotopic (exact) mass is 288 g/mol. The quantitative estimate of drug-likeness (QED) is 0.671. The first kappa shape index (κ1) is 14.1. The Morgan fingerprint density at radius 1 is 1.25 bits per heavy atom. The predicted octanol–water partition coefficient (Wildman–Crippen LogP) is 2.74. The van der Waals surface area contributed by atoms with Gasteiger partial charge in [-0.05, 0) is 29.8 Å². The molecule has 2 aromatic carbocycles. The topological polar surface area (TPSA) is 61.7 Å². The predicted molar refractivity (Wildman–Crippen MR) is 79.0 cm³/mol. The van der Waals surface area contributed by atoms with Gasteiger partial charge in [0.25, 0.3) is 0 Å². The molecule has 0 saturated heterocycles. The number of phenolic OH excluding ortho intramolecular Hbond substituents is 1. The van der Waals surface area contributed by atoms with Crippen LogP contribution in [0.1, 0.15) is 11.1 Å². The van der Waals surface area contributed by atoms with E-state index in [0.29, 0.717) is 10.6 Å². The molecule has 2 aromatic rings. The van der Waals surface area contributed by atoms with Crippen LogP contribution in [0.4, 0.5) is 0 Å². The molecule has 0 aliphatic carbocycles. The Morgan fingerprint density at radius 2 is 2.05 bits per heavy atom. The molecule has 20 heavy (non-hydrogen) atoms. The number of carbonyl (C=O) groups excluding carboxylic acids is 1. The third kappa shape index (κ3) is 4.10. The van der Waals surface area contributed by atoms with E-state index in [2.05, 4.69) is 10.5 Å². The van der Waals surface area contributed by atoms with E-state index in [-0.39, 0.29) is 18.1 Å². The minimum atomic E-state index is -0.251. The molecule has 0 atom stereocenters. The van der Waals surface area contributed by atoms with E-state index < -0.39 is 0 Å². The van der Waals surface area contributed by atoms with E-state index in [1.807, 2.05) is 6.07 Å². The molecule has 0 bridgehead atoms. The van der Waals surface area contributed by atoms with E-state index in [9.17, 15) is 9.90 Å². The number of para-hydroxylation sites is 1. The Balaban J connectivity index is 1.91. The van der Waals surface area contributed by atoms with E-state index in [4.69, 9.17) is 11.6 Å². The lowest BCUT2D eigenvalue weighted by atomic mass is 10.1. The van der Waals surface area contributed by atoms with Crippen LogP contribution >= 0.6 is 11.6 Å². The second-order valence-corrected chi connectivity index (χ2v) is 4.60. The molecule has 2 N–H and O–H groups in total. The maximum Gasteiger partial charge on any atom is 0.244 e. The van der Waals surface area contributed by atoms with Crippen molar-refractivity contribution in [1.82, 2.24) is 5.43 Å². The first-order valence-electron chi connectivity index (χ1n) is 5.99. The number of rotatable bonds is 4. The number of nitrogens with zero attached hydrogens (tertiary/aromatic N) is 1. The highest BCUT2D eigenvalue weighted by Crippen LogP contribution is 2.13. The normalized spacial score (nSPS) is 10.7. The van der Waals surface area contributed by atoms with Crippen LogP contribution in [0.5, 0.6) is 5.75 Å². The third-order valence-electron chi connectivity index (χ3n) is 2.58. The van der Waals surface area contributed by atoms with Crippen LogP contribution in [0.25, 0.3) is 0 Å². The molecule has 0 fully saturated rings. The number of carbonyl (C=O) groups is 1. The molecule has 0 aliphatic rings. The standard InChI is InChI=1S/C15H13ClN2O2/c16-13-6-3-4-11(8-13)9-15(20)18-17-10-12-5-1-2-7-14(12)19/h1-8,10,19H,9H2,(H,18,20)/b17-10+. The van der Waals surface area contributed by atoms with Gasteiger partial charge in [-0.1, -0.05) is 35.9 Å². The number of phenols is 1. The fourth-order valence-corrected chi connectivity index (χ4v) is 1.86. The third-order valence-corrected chi connectivity index (χ3v) is 2.82. The summed E-state index contributed by atoms with van der Waals surface area (Å²) in [4.78, 5) is 11.7. The molecule has 0 radical (unpaired) electrons. The van der Waals surface area contributed by atoms with Gasteiger partial charge in [0.15, 0.2) is 0 Å². The van der Waals surface area contributed by atoms with Gasteiger partial charge >= 0.3 is 0 Å². The summed E-state index contributed by atoms with van der Waals surface area (Å²) in [6.45, 7) is 0. The van der Waals surface area contributed by atoms with Crippen molar-refractivity contribution >= 4 is 23.7 Å². The fourth-order valence-electron chi connectivity index (χ4n) is 1.64. The number of halogens is 1. The summed E-state index contributed by atoms with van der Waals surface area (Å²) >= 11 is 5.84. The summed E-state index contributed by atoms with van der Waals surface area (Å²) in [7, 11) is 0. The van der Waals surface area contributed by atoms with Crippen molar-refractivity contribution in [2.75, 3.05) is 0 Å². The van der Waals surface area contributed by atoms with Crippen molar-refractivity contribution in [3.63, 3.8) is 0 Å². The SMILES string of the molecule is O=C(Cc1cccc(Cl)c1)N/N=C/c1ccccc1O. The van der Waals surface area contributed by atoms with E-state index in [1.54, 1.807) is 42.5 Å². The molecule has 0 aromatic heterocycles. The minimum absolute atomic E-state index is 0.111. The van der Waals surface area contributed by atoms with Crippen molar-refractivity contribution in [3.8, 4) is 5.75 Å². The van der Waals surface area contributed by atoms with Gasteiger partial charge < -0.3 is 5.11 Å². The first-order valence-corrected chi connectivity index (χ1v) is 6.37. The van der Waals surface area contributed by atoms with Crippen molar-refractivity contribution in [3.05, 3.63) is 64.7 Å². The molecule has 0 unspecified atom stereocenters. The van der Waals surface area contributed by atoms with Crippen LogP contribution in [-0.4, -0.2) is 17.2 Å². The first-order chi connectivity index (χ1) is 9.65. The highest BCUT2D eigenvalue weighted by molar-refractivity contribution is 6.30. The van der Waals surface area contributed by atoms with Crippen LogP contribution in [0.2, 0.25) is 5.02 Å². The summed E-state index contributed by atoms with van der Waals surface area (Å²) in [6, 6.07) is 13.8. The van der Waals surface area contributed by atoms with Gasteiger partial charge in [-0.3, -0.25) is 4.79 Å². The molecule has 1 amide bonds. The van der Waals surface area contributed by atoms with Crippen LogP contribution in [0.15, 0.2) is 53.6 Å². The molecule has 4 nitrogen and oxygen atoms in total. The molecule has 5 heteroatoms. The molecule has 0 heterocycles. The van der Waals surface area contributed by atoms with E-state index in [0.717, 1.165) is 5.56 Å². The highest BCUT2D eigenvalue weighted by atomic mass is 35.5. The van der Waals surface area contributed by atoms with Gasteiger partial charge in [-0.2, -0.15) is 5.10 Å². The van der Waals surface area contributed by atoms with Crippen LogP contribution < -0.4 is 5.43 Å². The average molecular weight is 289 g/mol. The van der Waals surface area contributed by atoms with Crippen LogP contribution in [0.3, 0.4) is 0 Å². The lowest BCUT2D eigenvalue weighted by Gasteiger charge is -2.01. The smallest absolute Gasteiger partial charge is 0.244 e. The Labute approximate surface area is 121 Å². The number of hydrogen-bond donors (Lipinski definition) is 2. The molecule has 102 valence electrons. The number of hydrogen-bond acceptors (Lipinski definition) is 3. The van der Waals surface area contributed by atoms with Crippen molar-refractivity contribution in [1.29, 1.82) is 0 Å². The molecular formula is C15H13ClN2O2. The zero-order valence-electron chi connectivity index (χ0n) is 10.6. The summed E-state index contributed by atoms with van der Waals surface area (Å²) in [5, 5.41) is 13.9. The largest absolute Gasteiger partial charge is 0.507 e. The fraction of sp³-hybridized carbons (Fsp3) is 0.0667. The maximum absolute atomic E-state index is 11.7. The number of benzene rings is 2. The zero-order chi connectivity index (χ0) is 14.4. The highest BCUT2D eigenvalue weighted by Gasteiger charge is 2.02. The second kappa shape index (κ2) is 6.73. The van der Waals surface area contributed by atoms with Gasteiger partial charge in [-0.25, -0.2) is 5.43 Å². The number of hydrazone groups is 1. The van der Waals surface area contributed by atoms with Gasteiger partial charge in [0.1, 0.15) is 5.75 Å². The summed E-state index contributed by atoms with van der Waals surface area (Å²) in [6.07, 6.45) is 1.59.